The lowest BCUT2D eigenvalue weighted by Crippen LogP contribution is -2.52. The third kappa shape index (κ3) is 3.42. The first kappa shape index (κ1) is 15.3. The molecular weight excluding hydrogens is 288 g/mol. The van der Waals surface area contributed by atoms with Gasteiger partial charge >= 0.3 is 0 Å². The van der Waals surface area contributed by atoms with Crippen LogP contribution in [0, 0.1) is 6.92 Å². The summed E-state index contributed by atoms with van der Waals surface area (Å²) in [6, 6.07) is 16.9. The van der Waals surface area contributed by atoms with Crippen LogP contribution in [0.25, 0.3) is 0 Å². The van der Waals surface area contributed by atoms with E-state index in [1.54, 1.807) is 4.90 Å². The number of aryl methyl sites for hydroxylation is 1. The molecule has 2 aromatic carbocycles. The molecule has 1 saturated heterocycles. The quantitative estimate of drug-likeness (QED) is 0.945. The van der Waals surface area contributed by atoms with E-state index in [-0.39, 0.29) is 11.8 Å². The molecule has 4 heteroatoms. The summed E-state index contributed by atoms with van der Waals surface area (Å²) >= 11 is 0. The molecule has 0 saturated carbocycles. The lowest BCUT2D eigenvalue weighted by Gasteiger charge is -2.35. The van der Waals surface area contributed by atoms with Crippen molar-refractivity contribution in [1.82, 2.24) is 10.2 Å². The number of carbonyl (C=O) groups excluding carboxylic acids is 2. The molecule has 1 N–H and O–H groups in total. The van der Waals surface area contributed by atoms with E-state index in [0.717, 1.165) is 16.7 Å². The molecule has 3 rings (SSSR count). The molecule has 0 aromatic heterocycles. The van der Waals surface area contributed by atoms with E-state index >= 15 is 0 Å². The average molecular weight is 308 g/mol. The van der Waals surface area contributed by atoms with Crippen molar-refractivity contribution in [2.24, 2.45) is 0 Å². The van der Waals surface area contributed by atoms with Gasteiger partial charge in [0, 0.05) is 13.1 Å². The Hall–Kier alpha value is -2.62. The second kappa shape index (κ2) is 6.65. The fourth-order valence-electron chi connectivity index (χ4n) is 2.89. The van der Waals surface area contributed by atoms with Gasteiger partial charge in [0.2, 0.25) is 11.8 Å². The number of rotatable bonds is 3. The minimum atomic E-state index is -0.541. The van der Waals surface area contributed by atoms with E-state index in [9.17, 15) is 9.59 Å². The monoisotopic (exact) mass is 308 g/mol. The topological polar surface area (TPSA) is 49.4 Å². The van der Waals surface area contributed by atoms with Gasteiger partial charge in [-0.2, -0.15) is 0 Å². The summed E-state index contributed by atoms with van der Waals surface area (Å²) in [6.07, 6.45) is 0.316. The Labute approximate surface area is 136 Å². The number of hydrogen-bond acceptors (Lipinski definition) is 2. The molecule has 1 aliphatic heterocycles. The first-order valence-corrected chi connectivity index (χ1v) is 7.83. The largest absolute Gasteiger partial charge is 0.352 e. The van der Waals surface area contributed by atoms with Crippen LogP contribution in [0.2, 0.25) is 0 Å². The van der Waals surface area contributed by atoms with Crippen LogP contribution < -0.4 is 5.32 Å². The molecule has 1 atom stereocenters. The molecule has 4 nitrogen and oxygen atoms in total. The Morgan fingerprint density at radius 2 is 1.83 bits per heavy atom. The molecule has 2 aromatic rings. The van der Waals surface area contributed by atoms with Gasteiger partial charge in [0.05, 0.1) is 6.42 Å². The summed E-state index contributed by atoms with van der Waals surface area (Å²) < 4.78 is 0. The minimum absolute atomic E-state index is 0.0170. The summed E-state index contributed by atoms with van der Waals surface area (Å²) in [5, 5.41) is 2.86. The van der Waals surface area contributed by atoms with Crippen molar-refractivity contribution >= 4 is 11.8 Å². The first-order valence-electron chi connectivity index (χ1n) is 7.83. The maximum Gasteiger partial charge on any atom is 0.247 e. The SMILES string of the molecule is Cc1ccc(C2C(=O)NCCN2C(=O)Cc2ccccc2)cc1. The molecule has 0 radical (unpaired) electrons. The zero-order valence-corrected chi connectivity index (χ0v) is 13.2. The van der Waals surface area contributed by atoms with Gasteiger partial charge in [-0.3, -0.25) is 9.59 Å². The van der Waals surface area contributed by atoms with Crippen molar-refractivity contribution in [2.75, 3.05) is 13.1 Å². The van der Waals surface area contributed by atoms with Crippen LogP contribution in [0.5, 0.6) is 0 Å². The third-order valence-electron chi connectivity index (χ3n) is 4.12. The van der Waals surface area contributed by atoms with Gasteiger partial charge in [0.15, 0.2) is 0 Å². The predicted octanol–water partition coefficient (Wildman–Crippen LogP) is 2.24. The fourth-order valence-corrected chi connectivity index (χ4v) is 2.89. The number of amides is 2. The molecule has 1 fully saturated rings. The van der Waals surface area contributed by atoms with E-state index in [1.807, 2.05) is 61.5 Å². The van der Waals surface area contributed by atoms with Crippen molar-refractivity contribution in [3.63, 3.8) is 0 Å². The highest BCUT2D eigenvalue weighted by molar-refractivity contribution is 5.90. The normalized spacial score (nSPS) is 17.7. The van der Waals surface area contributed by atoms with Crippen LogP contribution in [0.3, 0.4) is 0 Å². The highest BCUT2D eigenvalue weighted by Gasteiger charge is 2.34. The lowest BCUT2D eigenvalue weighted by molar-refractivity contribution is -0.143. The number of nitrogens with one attached hydrogen (secondary N) is 1. The number of piperazine rings is 1. The smallest absolute Gasteiger partial charge is 0.247 e. The molecule has 23 heavy (non-hydrogen) atoms. The summed E-state index contributed by atoms with van der Waals surface area (Å²) in [5.41, 5.74) is 2.95. The van der Waals surface area contributed by atoms with E-state index in [4.69, 9.17) is 0 Å². The highest BCUT2D eigenvalue weighted by atomic mass is 16.2. The van der Waals surface area contributed by atoms with Crippen LogP contribution in [-0.2, 0) is 16.0 Å². The van der Waals surface area contributed by atoms with E-state index in [1.165, 1.54) is 0 Å². The van der Waals surface area contributed by atoms with Gasteiger partial charge in [0.25, 0.3) is 0 Å². The molecule has 118 valence electrons. The van der Waals surface area contributed by atoms with E-state index in [0.29, 0.717) is 19.5 Å². The molecule has 2 amide bonds. The fraction of sp³-hybridized carbons (Fsp3) is 0.263. The minimum Gasteiger partial charge on any atom is -0.352 e. The zero-order valence-electron chi connectivity index (χ0n) is 13.2. The van der Waals surface area contributed by atoms with Gasteiger partial charge in [-0.1, -0.05) is 60.2 Å². The molecule has 0 spiro atoms. The maximum absolute atomic E-state index is 12.7. The highest BCUT2D eigenvalue weighted by Crippen LogP contribution is 2.24. The summed E-state index contributed by atoms with van der Waals surface area (Å²) in [6.45, 7) is 3.04. The van der Waals surface area contributed by atoms with Crippen LogP contribution >= 0.6 is 0 Å². The summed E-state index contributed by atoms with van der Waals surface area (Å²) in [4.78, 5) is 26.7. The number of nitrogens with zero attached hydrogens (tertiary/aromatic N) is 1. The zero-order chi connectivity index (χ0) is 16.2. The summed E-state index contributed by atoms with van der Waals surface area (Å²) in [5.74, 6) is -0.127. The number of hydrogen-bond donors (Lipinski definition) is 1. The van der Waals surface area contributed by atoms with Crippen LogP contribution in [0.4, 0.5) is 0 Å². The molecule has 1 heterocycles. The van der Waals surface area contributed by atoms with E-state index < -0.39 is 6.04 Å². The van der Waals surface area contributed by atoms with Gasteiger partial charge in [-0.15, -0.1) is 0 Å². The van der Waals surface area contributed by atoms with Crippen molar-refractivity contribution in [2.45, 2.75) is 19.4 Å². The first-order chi connectivity index (χ1) is 11.1. The predicted molar refractivity (Wildman–Crippen MR) is 88.8 cm³/mol. The second-order valence-electron chi connectivity index (χ2n) is 5.85. The van der Waals surface area contributed by atoms with Crippen LogP contribution in [0.15, 0.2) is 54.6 Å². The average Bonchev–Trinajstić information content (AvgIpc) is 2.56. The van der Waals surface area contributed by atoms with Gasteiger partial charge in [0.1, 0.15) is 6.04 Å². The Kier molecular flexibility index (Phi) is 4.42. The molecule has 1 unspecified atom stereocenters. The van der Waals surface area contributed by atoms with Crippen molar-refractivity contribution in [3.8, 4) is 0 Å². The van der Waals surface area contributed by atoms with Crippen molar-refractivity contribution in [1.29, 1.82) is 0 Å². The van der Waals surface area contributed by atoms with Gasteiger partial charge in [-0.05, 0) is 18.1 Å². The molecule has 1 aliphatic rings. The van der Waals surface area contributed by atoms with Crippen molar-refractivity contribution in [3.05, 3.63) is 71.3 Å². The Balaban J connectivity index is 1.84. The summed E-state index contributed by atoms with van der Waals surface area (Å²) in [7, 11) is 0. The van der Waals surface area contributed by atoms with Crippen LogP contribution in [0.1, 0.15) is 22.7 Å². The molecule has 0 aliphatic carbocycles. The lowest BCUT2D eigenvalue weighted by atomic mass is 10.00. The third-order valence-corrected chi connectivity index (χ3v) is 4.12. The van der Waals surface area contributed by atoms with Gasteiger partial charge < -0.3 is 10.2 Å². The Morgan fingerprint density at radius 3 is 2.52 bits per heavy atom. The molecule has 0 bridgehead atoms. The van der Waals surface area contributed by atoms with Crippen LogP contribution in [-0.4, -0.2) is 29.8 Å². The van der Waals surface area contributed by atoms with Crippen molar-refractivity contribution < 1.29 is 9.59 Å². The van der Waals surface area contributed by atoms with E-state index in [2.05, 4.69) is 5.32 Å². The second-order valence-corrected chi connectivity index (χ2v) is 5.85. The molecular formula is C19H20N2O2. The van der Waals surface area contributed by atoms with Gasteiger partial charge in [-0.25, -0.2) is 0 Å². The maximum atomic E-state index is 12.7. The standard InChI is InChI=1S/C19H20N2O2/c1-14-7-9-16(10-8-14)18-19(23)20-11-12-21(18)17(22)13-15-5-3-2-4-6-15/h2-10,18H,11-13H2,1H3,(H,20,23). The number of benzene rings is 2. The Bertz CT molecular complexity index is 695. The number of carbonyl (C=O) groups is 2. The Morgan fingerprint density at radius 1 is 1.13 bits per heavy atom.